The smallest absolute Gasteiger partial charge is 0.131 e. The fraction of sp³-hybridized carbons (Fsp3) is 0.786. The van der Waals surface area contributed by atoms with E-state index in [1.54, 1.807) is 0 Å². The van der Waals surface area contributed by atoms with E-state index in [2.05, 4.69) is 54.7 Å². The topological polar surface area (TPSA) is 33.1 Å². The number of rotatable bonds is 6. The molecule has 1 heterocycles. The molecule has 0 radical (unpaired) electrons. The second kappa shape index (κ2) is 5.31. The lowest BCUT2D eigenvalue weighted by Crippen LogP contribution is -2.30. The van der Waals surface area contributed by atoms with Crippen molar-refractivity contribution in [3.8, 4) is 0 Å². The fourth-order valence-electron chi connectivity index (χ4n) is 2.53. The van der Waals surface area contributed by atoms with Gasteiger partial charge >= 0.3 is 0 Å². The third-order valence-corrected chi connectivity index (χ3v) is 3.60. The summed E-state index contributed by atoms with van der Waals surface area (Å²) in [6.45, 7) is 10.7. The molecule has 1 aliphatic rings. The van der Waals surface area contributed by atoms with Crippen molar-refractivity contribution < 1.29 is 0 Å². The molecule has 1 aromatic rings. The maximum Gasteiger partial charge on any atom is 0.131 e. The number of anilines is 1. The van der Waals surface area contributed by atoms with Gasteiger partial charge in [0.05, 0.1) is 5.69 Å². The quantitative estimate of drug-likeness (QED) is 0.840. The Morgan fingerprint density at radius 1 is 1.44 bits per heavy atom. The molecule has 0 atom stereocenters. The van der Waals surface area contributed by atoms with E-state index in [0.717, 1.165) is 24.8 Å². The molecule has 1 saturated carbocycles. The van der Waals surface area contributed by atoms with Gasteiger partial charge in [-0.15, -0.1) is 0 Å². The SMILES string of the molecule is CCN(c1c(CNC(C)C)c(C)nn1C)C1CC1. The molecular formula is C14H26N4. The highest BCUT2D eigenvalue weighted by atomic mass is 15.4. The molecule has 2 rings (SSSR count). The molecule has 1 aliphatic carbocycles. The third kappa shape index (κ3) is 2.69. The largest absolute Gasteiger partial charge is 0.354 e. The van der Waals surface area contributed by atoms with Crippen molar-refractivity contribution in [2.75, 3.05) is 11.4 Å². The van der Waals surface area contributed by atoms with Crippen LogP contribution in [0.4, 0.5) is 5.82 Å². The maximum atomic E-state index is 4.60. The van der Waals surface area contributed by atoms with E-state index in [-0.39, 0.29) is 0 Å². The summed E-state index contributed by atoms with van der Waals surface area (Å²) in [4.78, 5) is 2.51. The molecule has 0 amide bonds. The first-order valence-corrected chi connectivity index (χ1v) is 7.07. The lowest BCUT2D eigenvalue weighted by Gasteiger charge is -2.24. The number of aromatic nitrogens is 2. The van der Waals surface area contributed by atoms with Crippen molar-refractivity contribution in [2.24, 2.45) is 7.05 Å². The van der Waals surface area contributed by atoms with Crippen LogP contribution in [-0.4, -0.2) is 28.4 Å². The number of nitrogens with zero attached hydrogens (tertiary/aromatic N) is 3. The molecule has 4 nitrogen and oxygen atoms in total. The molecule has 4 heteroatoms. The molecule has 0 saturated heterocycles. The van der Waals surface area contributed by atoms with Gasteiger partial charge < -0.3 is 10.2 Å². The summed E-state index contributed by atoms with van der Waals surface area (Å²) < 4.78 is 2.05. The van der Waals surface area contributed by atoms with Crippen LogP contribution in [0.3, 0.4) is 0 Å². The van der Waals surface area contributed by atoms with Crippen LogP contribution < -0.4 is 10.2 Å². The molecule has 0 aliphatic heterocycles. The van der Waals surface area contributed by atoms with Crippen LogP contribution in [0.2, 0.25) is 0 Å². The van der Waals surface area contributed by atoms with E-state index in [9.17, 15) is 0 Å². The number of nitrogens with one attached hydrogen (secondary N) is 1. The van der Waals surface area contributed by atoms with Crippen molar-refractivity contribution in [1.82, 2.24) is 15.1 Å². The Bertz CT molecular complexity index is 404. The minimum Gasteiger partial charge on any atom is -0.354 e. The highest BCUT2D eigenvalue weighted by Crippen LogP contribution is 2.34. The van der Waals surface area contributed by atoms with Crippen LogP contribution >= 0.6 is 0 Å². The molecule has 0 aromatic carbocycles. The molecule has 1 fully saturated rings. The van der Waals surface area contributed by atoms with Gasteiger partial charge in [0.15, 0.2) is 0 Å². The van der Waals surface area contributed by atoms with Gasteiger partial charge in [0, 0.05) is 37.8 Å². The Labute approximate surface area is 110 Å². The number of aryl methyl sites for hydroxylation is 2. The average Bonchev–Trinajstić information content (AvgIpc) is 3.07. The minimum atomic E-state index is 0.508. The molecule has 1 N–H and O–H groups in total. The Hall–Kier alpha value is -1.03. The van der Waals surface area contributed by atoms with Gasteiger partial charge in [0.25, 0.3) is 0 Å². The summed E-state index contributed by atoms with van der Waals surface area (Å²) in [5.41, 5.74) is 2.51. The second-order valence-electron chi connectivity index (χ2n) is 5.56. The van der Waals surface area contributed by atoms with Crippen LogP contribution in [0.1, 0.15) is 44.9 Å². The predicted molar refractivity (Wildman–Crippen MR) is 76.0 cm³/mol. The van der Waals surface area contributed by atoms with Crippen molar-refractivity contribution in [3.63, 3.8) is 0 Å². The van der Waals surface area contributed by atoms with Gasteiger partial charge in [-0.25, -0.2) is 0 Å². The minimum absolute atomic E-state index is 0.508. The monoisotopic (exact) mass is 250 g/mol. The van der Waals surface area contributed by atoms with Crippen molar-refractivity contribution in [1.29, 1.82) is 0 Å². The van der Waals surface area contributed by atoms with Gasteiger partial charge in [0.2, 0.25) is 0 Å². The van der Waals surface area contributed by atoms with Gasteiger partial charge in [-0.3, -0.25) is 4.68 Å². The zero-order chi connectivity index (χ0) is 13.3. The zero-order valence-electron chi connectivity index (χ0n) is 12.3. The lowest BCUT2D eigenvalue weighted by atomic mass is 10.2. The molecule has 0 unspecified atom stereocenters. The Morgan fingerprint density at radius 2 is 2.11 bits per heavy atom. The number of hydrogen-bond acceptors (Lipinski definition) is 3. The second-order valence-corrected chi connectivity index (χ2v) is 5.56. The number of hydrogen-bond donors (Lipinski definition) is 1. The van der Waals surface area contributed by atoms with Crippen molar-refractivity contribution in [2.45, 2.75) is 59.2 Å². The molecule has 102 valence electrons. The van der Waals surface area contributed by atoms with Gasteiger partial charge in [-0.1, -0.05) is 13.8 Å². The first kappa shape index (κ1) is 13.4. The van der Waals surface area contributed by atoms with Crippen LogP contribution in [0.25, 0.3) is 0 Å². The standard InChI is InChI=1S/C14H26N4/c1-6-18(12-7-8-12)14-13(9-15-10(2)3)11(4)16-17(14)5/h10,12,15H,6-9H2,1-5H3. The molecule has 1 aromatic heterocycles. The molecule has 0 bridgehead atoms. The van der Waals surface area contributed by atoms with E-state index in [4.69, 9.17) is 0 Å². The van der Waals surface area contributed by atoms with E-state index in [0.29, 0.717) is 6.04 Å². The highest BCUT2D eigenvalue weighted by molar-refractivity contribution is 5.52. The van der Waals surface area contributed by atoms with Crippen molar-refractivity contribution >= 4 is 5.82 Å². The summed E-state index contributed by atoms with van der Waals surface area (Å²) in [5, 5.41) is 8.12. The van der Waals surface area contributed by atoms with Crippen LogP contribution in [-0.2, 0) is 13.6 Å². The average molecular weight is 250 g/mol. The first-order valence-electron chi connectivity index (χ1n) is 7.07. The summed E-state index contributed by atoms with van der Waals surface area (Å²) >= 11 is 0. The Kier molecular flexibility index (Phi) is 3.95. The van der Waals surface area contributed by atoms with E-state index in [1.807, 2.05) is 0 Å². The summed E-state index contributed by atoms with van der Waals surface area (Å²) in [6, 6.07) is 1.25. The molecule has 0 spiro atoms. The van der Waals surface area contributed by atoms with E-state index in [1.165, 1.54) is 24.2 Å². The van der Waals surface area contributed by atoms with Crippen LogP contribution in [0, 0.1) is 6.92 Å². The lowest BCUT2D eigenvalue weighted by molar-refractivity contribution is 0.585. The normalized spacial score (nSPS) is 15.4. The zero-order valence-corrected chi connectivity index (χ0v) is 12.3. The predicted octanol–water partition coefficient (Wildman–Crippen LogP) is 2.22. The third-order valence-electron chi connectivity index (χ3n) is 3.60. The van der Waals surface area contributed by atoms with Crippen molar-refractivity contribution in [3.05, 3.63) is 11.3 Å². The van der Waals surface area contributed by atoms with Gasteiger partial charge in [-0.05, 0) is 26.7 Å². The van der Waals surface area contributed by atoms with Gasteiger partial charge in [-0.2, -0.15) is 5.10 Å². The summed E-state index contributed by atoms with van der Waals surface area (Å²) in [7, 11) is 2.06. The van der Waals surface area contributed by atoms with E-state index >= 15 is 0 Å². The Balaban J connectivity index is 2.26. The molecular weight excluding hydrogens is 224 g/mol. The summed E-state index contributed by atoms with van der Waals surface area (Å²) in [6.07, 6.45) is 2.66. The van der Waals surface area contributed by atoms with E-state index < -0.39 is 0 Å². The molecule has 18 heavy (non-hydrogen) atoms. The summed E-state index contributed by atoms with van der Waals surface area (Å²) in [5.74, 6) is 1.31. The van der Waals surface area contributed by atoms with Crippen LogP contribution in [0.15, 0.2) is 0 Å². The maximum absolute atomic E-state index is 4.60. The first-order chi connectivity index (χ1) is 8.54. The van der Waals surface area contributed by atoms with Gasteiger partial charge in [0.1, 0.15) is 5.82 Å². The highest BCUT2D eigenvalue weighted by Gasteiger charge is 2.31. The fourth-order valence-corrected chi connectivity index (χ4v) is 2.53. The Morgan fingerprint density at radius 3 is 2.61 bits per heavy atom. The van der Waals surface area contributed by atoms with Crippen LogP contribution in [0.5, 0.6) is 0 Å².